The van der Waals surface area contributed by atoms with Crippen molar-refractivity contribution in [3.63, 3.8) is 0 Å². The van der Waals surface area contributed by atoms with Gasteiger partial charge in [-0.1, -0.05) is 24.3 Å². The molecule has 6 N–H and O–H groups in total. The summed E-state index contributed by atoms with van der Waals surface area (Å²) in [6, 6.07) is 18.8. The second-order valence-electron chi connectivity index (χ2n) is 9.83. The number of carboxylic acid groups (broad SMARTS) is 2. The van der Waals surface area contributed by atoms with Crippen LogP contribution in [0.5, 0.6) is 0 Å². The molecular weight excluding hydrogens is 530 g/mol. The molecule has 3 aromatic rings. The molecule has 0 bridgehead atoms. The summed E-state index contributed by atoms with van der Waals surface area (Å²) < 4.78 is 0. The highest BCUT2D eigenvalue weighted by molar-refractivity contribution is 5.83. The van der Waals surface area contributed by atoms with E-state index in [2.05, 4.69) is 52.3 Å². The number of nitrogens with two attached hydrogens (primary N) is 1. The smallest absolute Gasteiger partial charge is 0.335 e. The van der Waals surface area contributed by atoms with E-state index in [0.717, 1.165) is 48.4 Å². The van der Waals surface area contributed by atoms with Crippen LogP contribution in [-0.4, -0.2) is 92.0 Å². The van der Waals surface area contributed by atoms with Crippen molar-refractivity contribution in [3.05, 3.63) is 78.2 Å². The quantitative estimate of drug-likeness (QED) is 0.238. The predicted molar refractivity (Wildman–Crippen MR) is 151 cm³/mol. The summed E-state index contributed by atoms with van der Waals surface area (Å²) in [6.45, 7) is 2.91. The molecule has 41 heavy (non-hydrogen) atoms. The van der Waals surface area contributed by atoms with Gasteiger partial charge in [-0.2, -0.15) is 0 Å². The molecule has 2 atom stereocenters. The van der Waals surface area contributed by atoms with Gasteiger partial charge in [-0.05, 0) is 61.3 Å². The molecule has 3 heterocycles. The first-order valence-electron chi connectivity index (χ1n) is 13.0. The highest BCUT2D eigenvalue weighted by Crippen LogP contribution is 2.29. The van der Waals surface area contributed by atoms with Crippen LogP contribution in [0.2, 0.25) is 0 Å². The molecule has 4 rings (SSSR count). The van der Waals surface area contributed by atoms with Crippen molar-refractivity contribution in [2.45, 2.75) is 37.5 Å². The molecular formula is C29H35N5O7. The minimum absolute atomic E-state index is 0.248. The Labute approximate surface area is 237 Å². The van der Waals surface area contributed by atoms with Gasteiger partial charge in [0.15, 0.2) is 12.2 Å². The fraction of sp³-hybridized carbons (Fsp3) is 0.345. The molecule has 0 radical (unpaired) electrons. The Morgan fingerprint density at radius 3 is 2.17 bits per heavy atom. The van der Waals surface area contributed by atoms with Crippen molar-refractivity contribution in [2.75, 3.05) is 31.6 Å². The van der Waals surface area contributed by atoms with E-state index >= 15 is 0 Å². The Balaban J connectivity index is 0.000000397. The van der Waals surface area contributed by atoms with Crippen molar-refractivity contribution in [1.82, 2.24) is 14.9 Å². The molecule has 1 aliphatic heterocycles. The maximum absolute atomic E-state index is 11.1. The second-order valence-corrected chi connectivity index (χ2v) is 9.83. The Kier molecular flexibility index (Phi) is 11.3. The van der Waals surface area contributed by atoms with Gasteiger partial charge in [0.2, 0.25) is 5.91 Å². The molecule has 1 amide bonds. The molecule has 12 nitrogen and oxygen atoms in total. The van der Waals surface area contributed by atoms with E-state index in [-0.39, 0.29) is 12.5 Å². The standard InChI is InChI=1S/C25H29N5O.C4H6O6/c1-29(18-24(26)31)17-19-5-4-6-21(15-19)22-8-9-25(28-16-22)30-13-10-20(11-14-30)23-7-2-3-12-27-23;5-1(3(7)8)2(6)4(9)10/h2-9,12,15-16,20H,10-11,13-14,17-18H2,1H3,(H2,26,31);1-2,5-6H,(H,7,8)(H,9,10). The van der Waals surface area contributed by atoms with Crippen LogP contribution in [0.25, 0.3) is 11.1 Å². The summed E-state index contributed by atoms with van der Waals surface area (Å²) in [7, 11) is 1.89. The van der Waals surface area contributed by atoms with Gasteiger partial charge in [0.1, 0.15) is 5.82 Å². The highest BCUT2D eigenvalue weighted by Gasteiger charge is 2.29. The number of anilines is 1. The Morgan fingerprint density at radius 1 is 0.951 bits per heavy atom. The van der Waals surface area contributed by atoms with Crippen molar-refractivity contribution in [3.8, 4) is 11.1 Å². The number of aliphatic carboxylic acids is 2. The van der Waals surface area contributed by atoms with Gasteiger partial charge in [0.05, 0.1) is 6.54 Å². The molecule has 1 aromatic carbocycles. The van der Waals surface area contributed by atoms with Crippen molar-refractivity contribution in [2.24, 2.45) is 5.73 Å². The second kappa shape index (κ2) is 14.8. The van der Waals surface area contributed by atoms with Crippen LogP contribution in [0.1, 0.15) is 30.0 Å². The van der Waals surface area contributed by atoms with Crippen LogP contribution in [0.15, 0.2) is 67.0 Å². The number of benzene rings is 1. The Morgan fingerprint density at radius 2 is 1.63 bits per heavy atom. The van der Waals surface area contributed by atoms with Gasteiger partial charge in [-0.25, -0.2) is 14.6 Å². The lowest BCUT2D eigenvalue weighted by atomic mass is 9.93. The molecule has 218 valence electrons. The number of nitrogens with zero attached hydrogens (tertiary/aromatic N) is 4. The number of carbonyl (C=O) groups excluding carboxylic acids is 1. The summed E-state index contributed by atoms with van der Waals surface area (Å²) in [6.07, 6.45) is 1.50. The Bertz CT molecular complexity index is 1280. The van der Waals surface area contributed by atoms with Crippen LogP contribution in [0.3, 0.4) is 0 Å². The number of rotatable bonds is 10. The van der Waals surface area contributed by atoms with Gasteiger partial charge < -0.3 is 31.1 Å². The number of hydrogen-bond donors (Lipinski definition) is 5. The molecule has 1 aliphatic rings. The van der Waals surface area contributed by atoms with Crippen molar-refractivity contribution < 1.29 is 34.8 Å². The maximum Gasteiger partial charge on any atom is 0.335 e. The lowest BCUT2D eigenvalue weighted by Crippen LogP contribution is -2.39. The third-order valence-electron chi connectivity index (χ3n) is 6.62. The van der Waals surface area contributed by atoms with E-state index in [1.54, 1.807) is 0 Å². The summed E-state index contributed by atoms with van der Waals surface area (Å²) in [5, 5.41) is 32.5. The van der Waals surface area contributed by atoms with E-state index in [1.165, 1.54) is 5.69 Å². The number of carbonyl (C=O) groups is 3. The molecule has 2 unspecified atom stereocenters. The number of primary amides is 1. The van der Waals surface area contributed by atoms with Crippen LogP contribution >= 0.6 is 0 Å². The zero-order valence-corrected chi connectivity index (χ0v) is 22.7. The number of hydrogen-bond acceptors (Lipinski definition) is 9. The first-order chi connectivity index (χ1) is 19.5. The zero-order chi connectivity index (χ0) is 29.9. The number of pyridine rings is 2. The van der Waals surface area contributed by atoms with Crippen LogP contribution in [0.4, 0.5) is 5.82 Å². The largest absolute Gasteiger partial charge is 0.479 e. The van der Waals surface area contributed by atoms with Crippen molar-refractivity contribution >= 4 is 23.7 Å². The molecule has 0 saturated carbocycles. The number of carboxylic acids is 2. The van der Waals surface area contributed by atoms with Gasteiger partial charge >= 0.3 is 11.9 Å². The third-order valence-corrected chi connectivity index (χ3v) is 6.62. The number of likely N-dealkylation sites (N-methyl/N-ethyl adjacent to an activating group) is 1. The van der Waals surface area contributed by atoms with Gasteiger partial charge in [-0.3, -0.25) is 14.7 Å². The minimum Gasteiger partial charge on any atom is -0.479 e. The fourth-order valence-corrected chi connectivity index (χ4v) is 4.52. The Hall–Kier alpha value is -4.39. The lowest BCUT2D eigenvalue weighted by Gasteiger charge is -2.32. The van der Waals surface area contributed by atoms with E-state index < -0.39 is 24.1 Å². The summed E-state index contributed by atoms with van der Waals surface area (Å²) in [4.78, 5) is 44.2. The summed E-state index contributed by atoms with van der Waals surface area (Å²) in [5.41, 5.74) is 9.84. The predicted octanol–water partition coefficient (Wildman–Crippen LogP) is 1.32. The summed E-state index contributed by atoms with van der Waals surface area (Å²) >= 11 is 0. The van der Waals surface area contributed by atoms with Gasteiger partial charge in [-0.15, -0.1) is 0 Å². The average molecular weight is 566 g/mol. The van der Waals surface area contributed by atoms with Gasteiger partial charge in [0, 0.05) is 49.2 Å². The number of amides is 1. The van der Waals surface area contributed by atoms with Crippen LogP contribution in [-0.2, 0) is 20.9 Å². The molecule has 0 spiro atoms. The fourth-order valence-electron chi connectivity index (χ4n) is 4.52. The first kappa shape index (κ1) is 31.1. The minimum atomic E-state index is -2.27. The molecule has 2 aromatic heterocycles. The topological polar surface area (TPSA) is 190 Å². The molecule has 0 aliphatic carbocycles. The number of aliphatic hydroxyl groups excluding tert-OH is 2. The normalized spacial score (nSPS) is 15.0. The highest BCUT2D eigenvalue weighted by atomic mass is 16.4. The van der Waals surface area contributed by atoms with E-state index in [0.29, 0.717) is 12.5 Å². The molecule has 12 heteroatoms. The van der Waals surface area contributed by atoms with E-state index in [1.807, 2.05) is 36.5 Å². The average Bonchev–Trinajstić information content (AvgIpc) is 2.97. The monoisotopic (exact) mass is 565 g/mol. The molecule has 1 fully saturated rings. The van der Waals surface area contributed by atoms with Gasteiger partial charge in [0.25, 0.3) is 0 Å². The van der Waals surface area contributed by atoms with Crippen LogP contribution in [0, 0.1) is 0 Å². The number of aromatic nitrogens is 2. The summed E-state index contributed by atoms with van der Waals surface area (Å²) in [5.74, 6) is -2.29. The first-order valence-corrected chi connectivity index (χ1v) is 13.0. The van der Waals surface area contributed by atoms with E-state index in [9.17, 15) is 14.4 Å². The maximum atomic E-state index is 11.1. The third kappa shape index (κ3) is 9.34. The van der Waals surface area contributed by atoms with E-state index in [4.69, 9.17) is 31.1 Å². The lowest BCUT2D eigenvalue weighted by molar-refractivity contribution is -0.165. The molecule has 1 saturated heterocycles. The number of aliphatic hydroxyl groups is 2. The SMILES string of the molecule is CN(CC(N)=O)Cc1cccc(-c2ccc(N3CCC(c4ccccn4)CC3)nc2)c1.O=C(O)C(O)C(O)C(=O)O. The van der Waals surface area contributed by atoms with Crippen LogP contribution < -0.4 is 10.6 Å². The number of piperidine rings is 1. The zero-order valence-electron chi connectivity index (χ0n) is 22.7. The van der Waals surface area contributed by atoms with Crippen molar-refractivity contribution in [1.29, 1.82) is 0 Å².